The van der Waals surface area contributed by atoms with E-state index in [4.69, 9.17) is 11.6 Å². The summed E-state index contributed by atoms with van der Waals surface area (Å²) in [7, 11) is 1.63. The molecule has 0 saturated heterocycles. The van der Waals surface area contributed by atoms with Crippen molar-refractivity contribution in [2.75, 3.05) is 13.7 Å². The molecule has 5 N–H and O–H groups in total. The summed E-state index contributed by atoms with van der Waals surface area (Å²) < 4.78 is 0. The Hall–Kier alpha value is -1.59. The standard InChI is InChI=1S/C12H20N4O/c1-4-9-8(2)5-6-10(15-9)12(13)11(7-17)16(3)14/h5-6,17H,4,7,13-14H2,1-3H3/b12-11-. The lowest BCUT2D eigenvalue weighted by molar-refractivity contribution is 0.278. The number of hydrogen-bond donors (Lipinski definition) is 3. The molecule has 5 heteroatoms. The lowest BCUT2D eigenvalue weighted by Gasteiger charge is -2.17. The molecule has 0 fully saturated rings. The van der Waals surface area contributed by atoms with Crippen molar-refractivity contribution in [3.8, 4) is 0 Å². The van der Waals surface area contributed by atoms with Crippen LogP contribution in [0.4, 0.5) is 0 Å². The molecule has 5 nitrogen and oxygen atoms in total. The Labute approximate surface area is 102 Å². The molecule has 0 spiro atoms. The molecule has 94 valence electrons. The van der Waals surface area contributed by atoms with Gasteiger partial charge in [-0.05, 0) is 25.0 Å². The largest absolute Gasteiger partial charge is 0.395 e. The number of aliphatic hydroxyl groups is 1. The number of aromatic nitrogens is 1. The van der Waals surface area contributed by atoms with E-state index in [1.807, 2.05) is 26.0 Å². The molecule has 0 atom stereocenters. The second-order valence-corrected chi connectivity index (χ2v) is 3.94. The zero-order valence-electron chi connectivity index (χ0n) is 10.6. The predicted molar refractivity (Wildman–Crippen MR) is 68.5 cm³/mol. The fraction of sp³-hybridized carbons (Fsp3) is 0.417. The number of hydrogen-bond acceptors (Lipinski definition) is 5. The van der Waals surface area contributed by atoms with Crippen molar-refractivity contribution >= 4 is 5.70 Å². The minimum absolute atomic E-state index is 0.212. The number of rotatable bonds is 4. The summed E-state index contributed by atoms with van der Waals surface area (Å²) in [6.45, 7) is 3.84. The fourth-order valence-corrected chi connectivity index (χ4v) is 1.61. The number of nitrogens with zero attached hydrogens (tertiary/aromatic N) is 2. The second-order valence-electron chi connectivity index (χ2n) is 3.94. The van der Waals surface area contributed by atoms with Gasteiger partial charge in [0.25, 0.3) is 0 Å². The van der Waals surface area contributed by atoms with E-state index in [9.17, 15) is 5.11 Å². The highest BCUT2D eigenvalue weighted by atomic mass is 16.3. The van der Waals surface area contributed by atoms with Crippen LogP contribution in [0, 0.1) is 6.92 Å². The molecule has 0 aromatic carbocycles. The Kier molecular flexibility index (Phi) is 4.48. The Bertz CT molecular complexity index is 427. The molecule has 0 unspecified atom stereocenters. The first-order chi connectivity index (χ1) is 8.01. The van der Waals surface area contributed by atoms with Gasteiger partial charge < -0.3 is 15.8 Å². The summed E-state index contributed by atoms with van der Waals surface area (Å²) in [5, 5.41) is 10.5. The molecule has 0 amide bonds. The minimum atomic E-state index is -0.212. The molecule has 1 heterocycles. The molecule has 0 saturated carbocycles. The minimum Gasteiger partial charge on any atom is -0.395 e. The van der Waals surface area contributed by atoms with E-state index in [1.54, 1.807) is 7.05 Å². The van der Waals surface area contributed by atoms with Crippen LogP contribution in [0.2, 0.25) is 0 Å². The summed E-state index contributed by atoms with van der Waals surface area (Å²) in [5.74, 6) is 5.59. The average Bonchev–Trinajstić information content (AvgIpc) is 2.29. The van der Waals surface area contributed by atoms with E-state index < -0.39 is 0 Å². The van der Waals surface area contributed by atoms with E-state index in [0.717, 1.165) is 17.7 Å². The topological polar surface area (TPSA) is 88.4 Å². The van der Waals surface area contributed by atoms with Crippen LogP contribution in [0.3, 0.4) is 0 Å². The lowest BCUT2D eigenvalue weighted by atomic mass is 10.1. The Balaban J connectivity index is 3.24. The number of pyridine rings is 1. The van der Waals surface area contributed by atoms with E-state index >= 15 is 0 Å². The first kappa shape index (κ1) is 13.5. The van der Waals surface area contributed by atoms with Crippen molar-refractivity contribution in [3.63, 3.8) is 0 Å². The van der Waals surface area contributed by atoms with E-state index in [2.05, 4.69) is 4.98 Å². The van der Waals surface area contributed by atoms with Gasteiger partial charge in [0, 0.05) is 12.7 Å². The highest BCUT2D eigenvalue weighted by Crippen LogP contribution is 2.15. The molecule has 0 radical (unpaired) electrons. The second kappa shape index (κ2) is 5.65. The average molecular weight is 236 g/mol. The van der Waals surface area contributed by atoms with Crippen LogP contribution >= 0.6 is 0 Å². The highest BCUT2D eigenvalue weighted by Gasteiger charge is 2.10. The summed E-state index contributed by atoms with van der Waals surface area (Å²) >= 11 is 0. The van der Waals surface area contributed by atoms with Crippen LogP contribution < -0.4 is 11.6 Å². The third kappa shape index (κ3) is 2.95. The summed E-state index contributed by atoms with van der Waals surface area (Å²) in [4.78, 5) is 4.47. The quantitative estimate of drug-likeness (QED) is 0.519. The van der Waals surface area contributed by atoms with E-state index in [-0.39, 0.29) is 6.61 Å². The Morgan fingerprint density at radius 3 is 2.59 bits per heavy atom. The maximum atomic E-state index is 9.22. The van der Waals surface area contributed by atoms with Gasteiger partial charge in [-0.2, -0.15) is 0 Å². The van der Waals surface area contributed by atoms with Gasteiger partial charge in [0.2, 0.25) is 0 Å². The maximum Gasteiger partial charge on any atom is 0.0881 e. The van der Waals surface area contributed by atoms with Gasteiger partial charge >= 0.3 is 0 Å². The first-order valence-electron chi connectivity index (χ1n) is 5.56. The third-order valence-corrected chi connectivity index (χ3v) is 2.70. The molecule has 0 aliphatic heterocycles. The highest BCUT2D eigenvalue weighted by molar-refractivity contribution is 5.63. The van der Waals surface area contributed by atoms with Crippen LogP contribution in [-0.2, 0) is 6.42 Å². The van der Waals surface area contributed by atoms with Gasteiger partial charge in [0.1, 0.15) is 0 Å². The van der Waals surface area contributed by atoms with Crippen LogP contribution in [0.15, 0.2) is 17.8 Å². The van der Waals surface area contributed by atoms with Crippen molar-refractivity contribution in [2.24, 2.45) is 11.6 Å². The zero-order valence-corrected chi connectivity index (χ0v) is 10.6. The van der Waals surface area contributed by atoms with Gasteiger partial charge in [-0.3, -0.25) is 4.98 Å². The lowest BCUT2D eigenvalue weighted by Crippen LogP contribution is -2.29. The third-order valence-electron chi connectivity index (χ3n) is 2.70. The van der Waals surface area contributed by atoms with E-state index in [0.29, 0.717) is 17.1 Å². The fourth-order valence-electron chi connectivity index (χ4n) is 1.61. The summed E-state index contributed by atoms with van der Waals surface area (Å²) in [5.41, 5.74) is 9.61. The Morgan fingerprint density at radius 1 is 1.47 bits per heavy atom. The van der Waals surface area contributed by atoms with Crippen molar-refractivity contribution in [1.82, 2.24) is 9.99 Å². The van der Waals surface area contributed by atoms with Gasteiger partial charge in [0.05, 0.1) is 23.7 Å². The summed E-state index contributed by atoms with van der Waals surface area (Å²) in [6.07, 6.45) is 0.847. The predicted octanol–water partition coefficient (Wildman–Crippen LogP) is 0.378. The van der Waals surface area contributed by atoms with Gasteiger partial charge in [-0.1, -0.05) is 13.0 Å². The molecular formula is C12H20N4O. The molecular weight excluding hydrogens is 216 g/mol. The smallest absolute Gasteiger partial charge is 0.0881 e. The van der Waals surface area contributed by atoms with Crippen LogP contribution in [-0.4, -0.2) is 28.8 Å². The summed E-state index contributed by atoms with van der Waals surface area (Å²) in [6, 6.07) is 3.81. The molecule has 0 aliphatic carbocycles. The Morgan fingerprint density at radius 2 is 2.12 bits per heavy atom. The number of nitrogens with two attached hydrogens (primary N) is 2. The number of likely N-dealkylation sites (N-methyl/N-ethyl adjacent to an activating group) is 1. The molecule has 1 aromatic rings. The van der Waals surface area contributed by atoms with E-state index in [1.165, 1.54) is 5.01 Å². The molecule has 17 heavy (non-hydrogen) atoms. The number of aliphatic hydroxyl groups excluding tert-OH is 1. The normalized spacial score (nSPS) is 12.3. The van der Waals surface area contributed by atoms with Gasteiger partial charge in [-0.25, -0.2) is 5.84 Å². The SMILES string of the molecule is CCc1nc(/C(N)=C(\CO)N(C)N)ccc1C. The molecule has 1 aromatic heterocycles. The molecule has 0 bridgehead atoms. The monoisotopic (exact) mass is 236 g/mol. The zero-order chi connectivity index (χ0) is 13.0. The van der Waals surface area contributed by atoms with Crippen LogP contribution in [0.5, 0.6) is 0 Å². The van der Waals surface area contributed by atoms with Crippen molar-refractivity contribution in [1.29, 1.82) is 0 Å². The van der Waals surface area contributed by atoms with Crippen molar-refractivity contribution in [3.05, 3.63) is 34.8 Å². The van der Waals surface area contributed by atoms with Gasteiger partial charge in [0.15, 0.2) is 0 Å². The van der Waals surface area contributed by atoms with Crippen molar-refractivity contribution < 1.29 is 5.11 Å². The maximum absolute atomic E-state index is 9.22. The first-order valence-corrected chi connectivity index (χ1v) is 5.56. The molecule has 0 aliphatic rings. The van der Waals surface area contributed by atoms with Crippen LogP contribution in [0.25, 0.3) is 5.70 Å². The number of hydrazine groups is 1. The molecule has 1 rings (SSSR count). The number of aryl methyl sites for hydroxylation is 2. The van der Waals surface area contributed by atoms with Crippen molar-refractivity contribution in [2.45, 2.75) is 20.3 Å². The van der Waals surface area contributed by atoms with Gasteiger partial charge in [-0.15, -0.1) is 0 Å². The van der Waals surface area contributed by atoms with Crippen LogP contribution in [0.1, 0.15) is 23.9 Å².